The van der Waals surface area contributed by atoms with Crippen molar-refractivity contribution in [2.24, 2.45) is 0 Å². The Hall–Kier alpha value is -0.960. The number of aldehydes is 1. The van der Waals surface area contributed by atoms with Gasteiger partial charge in [0.1, 0.15) is 12.0 Å². The van der Waals surface area contributed by atoms with Gasteiger partial charge in [0.15, 0.2) is 0 Å². The van der Waals surface area contributed by atoms with E-state index < -0.39 is 0 Å². The topological polar surface area (TPSA) is 26.3 Å². The minimum Gasteiger partial charge on any atom is -0.493 e. The van der Waals surface area contributed by atoms with Gasteiger partial charge in [-0.15, -0.1) is 12.6 Å². The van der Waals surface area contributed by atoms with Gasteiger partial charge in [-0.2, -0.15) is 0 Å². The Morgan fingerprint density at radius 3 is 2.92 bits per heavy atom. The fourth-order valence-corrected chi connectivity index (χ4v) is 1.08. The lowest BCUT2D eigenvalue weighted by atomic mass is 10.2. The molecule has 0 radical (unpaired) electrons. The second-order valence-corrected chi connectivity index (χ2v) is 2.76. The number of hydrogen-bond acceptors (Lipinski definition) is 3. The van der Waals surface area contributed by atoms with Crippen molar-refractivity contribution in [1.82, 2.24) is 0 Å². The number of thiol groups is 1. The molecule has 0 aliphatic heterocycles. The molecular weight excluding hydrogens is 172 g/mol. The molecule has 1 aromatic rings. The molecule has 0 N–H and O–H groups in total. The number of hydrogen-bond donors (Lipinski definition) is 1. The van der Waals surface area contributed by atoms with Gasteiger partial charge in [0.25, 0.3) is 0 Å². The number of rotatable bonds is 3. The average Bonchev–Trinajstić information content (AvgIpc) is 2.09. The largest absolute Gasteiger partial charge is 0.493 e. The SMILES string of the molecule is CCOc1cc(C=O)ccc1S. The Morgan fingerprint density at radius 1 is 1.58 bits per heavy atom. The highest BCUT2D eigenvalue weighted by Crippen LogP contribution is 2.22. The summed E-state index contributed by atoms with van der Waals surface area (Å²) in [7, 11) is 0. The van der Waals surface area contributed by atoms with Gasteiger partial charge in [-0.1, -0.05) is 6.07 Å². The molecule has 0 fully saturated rings. The van der Waals surface area contributed by atoms with Gasteiger partial charge in [-0.05, 0) is 19.1 Å². The highest BCUT2D eigenvalue weighted by Gasteiger charge is 1.99. The number of carbonyl (C=O) groups is 1. The van der Waals surface area contributed by atoms with E-state index in [1.54, 1.807) is 18.2 Å². The number of carbonyl (C=O) groups excluding carboxylic acids is 1. The third-order valence-corrected chi connectivity index (χ3v) is 1.79. The summed E-state index contributed by atoms with van der Waals surface area (Å²) in [6.45, 7) is 2.47. The maximum atomic E-state index is 10.4. The Morgan fingerprint density at radius 2 is 2.33 bits per heavy atom. The fraction of sp³-hybridized carbons (Fsp3) is 0.222. The zero-order valence-electron chi connectivity index (χ0n) is 6.78. The zero-order chi connectivity index (χ0) is 8.97. The normalized spacial score (nSPS) is 9.50. The van der Waals surface area contributed by atoms with Crippen LogP contribution in [0.25, 0.3) is 0 Å². The van der Waals surface area contributed by atoms with E-state index >= 15 is 0 Å². The van der Waals surface area contributed by atoms with Crippen LogP contribution in [0.5, 0.6) is 5.75 Å². The van der Waals surface area contributed by atoms with Crippen LogP contribution < -0.4 is 4.74 Å². The summed E-state index contributed by atoms with van der Waals surface area (Å²) < 4.78 is 5.24. The van der Waals surface area contributed by atoms with Crippen molar-refractivity contribution in [1.29, 1.82) is 0 Å². The molecule has 0 aromatic heterocycles. The fourth-order valence-electron chi connectivity index (χ4n) is 0.875. The first-order valence-electron chi connectivity index (χ1n) is 3.69. The lowest BCUT2D eigenvalue weighted by Gasteiger charge is -2.05. The molecule has 0 bridgehead atoms. The van der Waals surface area contributed by atoms with Gasteiger partial charge >= 0.3 is 0 Å². The van der Waals surface area contributed by atoms with Crippen LogP contribution in [0.15, 0.2) is 23.1 Å². The zero-order valence-corrected chi connectivity index (χ0v) is 7.67. The average molecular weight is 182 g/mol. The molecular formula is C9H10O2S. The van der Waals surface area contributed by atoms with Crippen molar-refractivity contribution >= 4 is 18.9 Å². The summed E-state index contributed by atoms with van der Waals surface area (Å²) >= 11 is 4.18. The molecule has 0 amide bonds. The first kappa shape index (κ1) is 9.13. The van der Waals surface area contributed by atoms with Crippen LogP contribution >= 0.6 is 12.6 Å². The van der Waals surface area contributed by atoms with E-state index in [2.05, 4.69) is 12.6 Å². The Labute approximate surface area is 77.0 Å². The predicted octanol–water partition coefficient (Wildman–Crippen LogP) is 2.19. The van der Waals surface area contributed by atoms with Crippen LogP contribution in [0.2, 0.25) is 0 Å². The van der Waals surface area contributed by atoms with E-state index in [0.717, 1.165) is 11.2 Å². The van der Waals surface area contributed by atoms with E-state index in [4.69, 9.17) is 4.74 Å². The van der Waals surface area contributed by atoms with Crippen molar-refractivity contribution in [3.05, 3.63) is 23.8 Å². The van der Waals surface area contributed by atoms with Gasteiger partial charge in [-0.25, -0.2) is 0 Å². The van der Waals surface area contributed by atoms with Gasteiger partial charge in [0.2, 0.25) is 0 Å². The van der Waals surface area contributed by atoms with Crippen LogP contribution in [0.1, 0.15) is 17.3 Å². The lowest BCUT2D eigenvalue weighted by Crippen LogP contribution is -1.93. The first-order valence-corrected chi connectivity index (χ1v) is 4.13. The molecule has 0 heterocycles. The summed E-state index contributed by atoms with van der Waals surface area (Å²) in [6, 6.07) is 5.13. The van der Waals surface area contributed by atoms with Gasteiger partial charge in [-0.3, -0.25) is 4.79 Å². The lowest BCUT2D eigenvalue weighted by molar-refractivity contribution is 0.112. The molecule has 0 aliphatic carbocycles. The summed E-state index contributed by atoms with van der Waals surface area (Å²) in [5.41, 5.74) is 0.608. The van der Waals surface area contributed by atoms with E-state index in [9.17, 15) is 4.79 Å². The molecule has 3 heteroatoms. The molecule has 64 valence electrons. The highest BCUT2D eigenvalue weighted by atomic mass is 32.1. The predicted molar refractivity (Wildman–Crippen MR) is 50.3 cm³/mol. The minimum atomic E-state index is 0.579. The first-order chi connectivity index (χ1) is 5.77. The van der Waals surface area contributed by atoms with Crippen LogP contribution in [0.3, 0.4) is 0 Å². The third-order valence-electron chi connectivity index (χ3n) is 1.42. The highest BCUT2D eigenvalue weighted by molar-refractivity contribution is 7.80. The van der Waals surface area contributed by atoms with Crippen molar-refractivity contribution in [2.45, 2.75) is 11.8 Å². The molecule has 0 saturated heterocycles. The number of benzene rings is 1. The second kappa shape index (κ2) is 4.16. The maximum Gasteiger partial charge on any atom is 0.150 e. The minimum absolute atomic E-state index is 0.579. The Kier molecular flexibility index (Phi) is 3.17. The van der Waals surface area contributed by atoms with Gasteiger partial charge < -0.3 is 4.74 Å². The summed E-state index contributed by atoms with van der Waals surface area (Å²) in [4.78, 5) is 11.1. The molecule has 0 spiro atoms. The molecule has 1 aromatic carbocycles. The molecule has 2 nitrogen and oxygen atoms in total. The van der Waals surface area contributed by atoms with Crippen LogP contribution in [-0.4, -0.2) is 12.9 Å². The quantitative estimate of drug-likeness (QED) is 0.573. The van der Waals surface area contributed by atoms with Crippen molar-refractivity contribution in [3.63, 3.8) is 0 Å². The smallest absolute Gasteiger partial charge is 0.150 e. The Bertz CT molecular complexity index is 284. The van der Waals surface area contributed by atoms with Crippen molar-refractivity contribution in [2.75, 3.05) is 6.61 Å². The van der Waals surface area contributed by atoms with Crippen molar-refractivity contribution < 1.29 is 9.53 Å². The second-order valence-electron chi connectivity index (χ2n) is 2.28. The molecule has 0 atom stereocenters. The standard InChI is InChI=1S/C9H10O2S/c1-2-11-8-5-7(6-10)3-4-9(8)12/h3-6,12H,2H2,1H3. The van der Waals surface area contributed by atoms with Crippen LogP contribution in [0, 0.1) is 0 Å². The van der Waals surface area contributed by atoms with Crippen LogP contribution in [0.4, 0.5) is 0 Å². The Balaban J connectivity index is 2.99. The number of ether oxygens (including phenoxy) is 1. The maximum absolute atomic E-state index is 10.4. The molecule has 1 rings (SSSR count). The van der Waals surface area contributed by atoms with E-state index in [-0.39, 0.29) is 0 Å². The molecule has 0 saturated carbocycles. The monoisotopic (exact) mass is 182 g/mol. The van der Waals surface area contributed by atoms with Gasteiger partial charge in [0.05, 0.1) is 6.61 Å². The van der Waals surface area contributed by atoms with E-state index in [0.29, 0.717) is 17.9 Å². The summed E-state index contributed by atoms with van der Waals surface area (Å²) in [5, 5.41) is 0. The molecule has 0 unspecified atom stereocenters. The third kappa shape index (κ3) is 2.01. The van der Waals surface area contributed by atoms with Crippen LogP contribution in [-0.2, 0) is 0 Å². The molecule has 12 heavy (non-hydrogen) atoms. The van der Waals surface area contributed by atoms with Gasteiger partial charge in [0, 0.05) is 10.5 Å². The van der Waals surface area contributed by atoms with E-state index in [1.165, 1.54) is 0 Å². The molecule has 0 aliphatic rings. The summed E-state index contributed by atoms with van der Waals surface area (Å²) in [5.74, 6) is 0.658. The summed E-state index contributed by atoms with van der Waals surface area (Å²) in [6.07, 6.45) is 0.787. The van der Waals surface area contributed by atoms with E-state index in [1.807, 2.05) is 6.92 Å². The van der Waals surface area contributed by atoms with Crippen molar-refractivity contribution in [3.8, 4) is 5.75 Å².